The summed E-state index contributed by atoms with van der Waals surface area (Å²) in [4.78, 5) is 12.4. The summed E-state index contributed by atoms with van der Waals surface area (Å²) in [6.07, 6.45) is 1.90. The first kappa shape index (κ1) is 15.1. The van der Waals surface area contributed by atoms with E-state index in [0.29, 0.717) is 13.2 Å². The number of nitrogens with one attached hydrogen (secondary N) is 1. The molecule has 1 spiro atoms. The Balaban J connectivity index is 0.00000147. The molecule has 1 saturated heterocycles. The minimum atomic E-state index is -0.464. The molecule has 0 saturated carbocycles. The molecular formula is C15H20ClNO3. The van der Waals surface area contributed by atoms with Crippen LogP contribution in [0.15, 0.2) is 24.3 Å². The van der Waals surface area contributed by atoms with Crippen LogP contribution < -0.4 is 10.1 Å². The van der Waals surface area contributed by atoms with E-state index in [9.17, 15) is 4.79 Å². The number of carbonyl (C=O) groups is 1. The summed E-state index contributed by atoms with van der Waals surface area (Å²) in [6, 6.07) is 7.80. The number of hydrogen-bond acceptors (Lipinski definition) is 4. The van der Waals surface area contributed by atoms with Gasteiger partial charge in [0.15, 0.2) is 0 Å². The van der Waals surface area contributed by atoms with Gasteiger partial charge in [-0.15, -0.1) is 12.4 Å². The van der Waals surface area contributed by atoms with Crippen LogP contribution in [0.5, 0.6) is 5.75 Å². The minimum absolute atomic E-state index is 0. The van der Waals surface area contributed by atoms with Gasteiger partial charge < -0.3 is 14.8 Å². The molecule has 0 aliphatic carbocycles. The third-order valence-corrected chi connectivity index (χ3v) is 3.97. The highest BCUT2D eigenvalue weighted by molar-refractivity contribution is 5.85. The molecule has 0 aromatic heterocycles. The predicted octanol–water partition coefficient (Wildman–Crippen LogP) is 2.27. The lowest BCUT2D eigenvalue weighted by molar-refractivity contribution is -0.149. The van der Waals surface area contributed by atoms with E-state index in [-0.39, 0.29) is 24.3 Å². The number of ether oxygens (including phenoxy) is 2. The zero-order valence-corrected chi connectivity index (χ0v) is 12.4. The van der Waals surface area contributed by atoms with Crippen molar-refractivity contribution >= 4 is 18.4 Å². The summed E-state index contributed by atoms with van der Waals surface area (Å²) in [7, 11) is 0. The second kappa shape index (κ2) is 6.02. The average Bonchev–Trinajstić information content (AvgIpc) is 2.73. The van der Waals surface area contributed by atoms with E-state index in [1.807, 2.05) is 31.2 Å². The van der Waals surface area contributed by atoms with Gasteiger partial charge in [-0.25, -0.2) is 0 Å². The Hall–Kier alpha value is -1.26. The van der Waals surface area contributed by atoms with Gasteiger partial charge in [-0.1, -0.05) is 18.2 Å². The van der Waals surface area contributed by atoms with Gasteiger partial charge in [0, 0.05) is 12.1 Å². The first-order chi connectivity index (χ1) is 9.27. The maximum atomic E-state index is 12.4. The van der Waals surface area contributed by atoms with E-state index < -0.39 is 5.60 Å². The normalized spacial score (nSPS) is 27.4. The molecule has 1 aromatic carbocycles. The Bertz CT molecular complexity index is 486. The van der Waals surface area contributed by atoms with Crippen LogP contribution >= 0.6 is 12.4 Å². The lowest BCUT2D eigenvalue weighted by Gasteiger charge is -2.37. The zero-order valence-electron chi connectivity index (χ0n) is 11.6. The van der Waals surface area contributed by atoms with E-state index in [4.69, 9.17) is 9.47 Å². The van der Waals surface area contributed by atoms with Crippen molar-refractivity contribution in [3.05, 3.63) is 29.8 Å². The van der Waals surface area contributed by atoms with Crippen LogP contribution in [0, 0.1) is 0 Å². The number of benzene rings is 1. The molecule has 5 heteroatoms. The summed E-state index contributed by atoms with van der Waals surface area (Å²) in [6.45, 7) is 3.93. The maximum Gasteiger partial charge on any atom is 0.317 e. The standard InChI is InChI=1S/C15H19NO3.ClH/c1-2-18-14(17)13-11-6-3-4-7-12(11)19-15(13)8-5-9-16-10-15;/h3-4,6-7,13,16H,2,5,8-10H2,1H3;1H. The SMILES string of the molecule is CCOC(=O)C1c2ccccc2OC12CCCNC2.Cl. The highest BCUT2D eigenvalue weighted by Crippen LogP contribution is 2.48. The Morgan fingerprint density at radius 3 is 3.00 bits per heavy atom. The highest BCUT2D eigenvalue weighted by atomic mass is 35.5. The zero-order chi connectivity index (χ0) is 13.3. The summed E-state index contributed by atoms with van der Waals surface area (Å²) in [5, 5.41) is 3.35. The van der Waals surface area contributed by atoms with Gasteiger partial charge in [0.1, 0.15) is 17.3 Å². The molecule has 2 aliphatic rings. The Kier molecular flexibility index (Phi) is 4.55. The number of carbonyl (C=O) groups excluding carboxylic acids is 1. The Labute approximate surface area is 125 Å². The van der Waals surface area contributed by atoms with Crippen molar-refractivity contribution < 1.29 is 14.3 Å². The van der Waals surface area contributed by atoms with Gasteiger partial charge in [-0.05, 0) is 32.4 Å². The largest absolute Gasteiger partial charge is 0.484 e. The summed E-state index contributed by atoms with van der Waals surface area (Å²) in [5.41, 5.74) is 0.499. The van der Waals surface area contributed by atoms with E-state index in [1.54, 1.807) is 0 Å². The number of rotatable bonds is 2. The first-order valence-corrected chi connectivity index (χ1v) is 6.92. The predicted molar refractivity (Wildman–Crippen MR) is 78.5 cm³/mol. The quantitative estimate of drug-likeness (QED) is 0.851. The van der Waals surface area contributed by atoms with Gasteiger partial charge in [0.2, 0.25) is 0 Å². The van der Waals surface area contributed by atoms with Crippen molar-refractivity contribution in [2.75, 3.05) is 19.7 Å². The van der Waals surface area contributed by atoms with Crippen LogP contribution in [0.4, 0.5) is 0 Å². The fourth-order valence-electron chi connectivity index (χ4n) is 3.18. The van der Waals surface area contributed by atoms with Crippen molar-refractivity contribution in [1.29, 1.82) is 0 Å². The molecule has 20 heavy (non-hydrogen) atoms. The van der Waals surface area contributed by atoms with Crippen molar-refractivity contribution in [3.8, 4) is 5.75 Å². The molecule has 1 N–H and O–H groups in total. The fraction of sp³-hybridized carbons (Fsp3) is 0.533. The molecule has 0 radical (unpaired) electrons. The third-order valence-electron chi connectivity index (χ3n) is 3.97. The number of halogens is 1. The maximum absolute atomic E-state index is 12.4. The average molecular weight is 298 g/mol. The van der Waals surface area contributed by atoms with Crippen LogP contribution in [0.2, 0.25) is 0 Å². The second-order valence-electron chi connectivity index (χ2n) is 5.17. The van der Waals surface area contributed by atoms with Gasteiger partial charge in [0.05, 0.1) is 6.61 Å². The summed E-state index contributed by atoms with van der Waals surface area (Å²) < 4.78 is 11.4. The number of fused-ring (bicyclic) bond motifs is 1. The van der Waals surface area contributed by atoms with Crippen LogP contribution in [0.25, 0.3) is 0 Å². The molecule has 4 nitrogen and oxygen atoms in total. The third kappa shape index (κ3) is 2.38. The molecule has 110 valence electrons. The van der Waals surface area contributed by atoms with Crippen LogP contribution in [-0.4, -0.2) is 31.3 Å². The molecule has 2 heterocycles. The van der Waals surface area contributed by atoms with E-state index in [2.05, 4.69) is 5.32 Å². The lowest BCUT2D eigenvalue weighted by Crippen LogP contribution is -2.53. The van der Waals surface area contributed by atoms with Crippen molar-refractivity contribution in [3.63, 3.8) is 0 Å². The van der Waals surface area contributed by atoms with Gasteiger partial charge in [-0.3, -0.25) is 4.79 Å². The molecule has 0 bridgehead atoms. The monoisotopic (exact) mass is 297 g/mol. The molecule has 0 amide bonds. The minimum Gasteiger partial charge on any atom is -0.484 e. The molecule has 1 aromatic rings. The Morgan fingerprint density at radius 2 is 2.30 bits per heavy atom. The lowest BCUT2D eigenvalue weighted by atomic mass is 9.79. The van der Waals surface area contributed by atoms with Gasteiger partial charge >= 0.3 is 5.97 Å². The number of hydrogen-bond donors (Lipinski definition) is 1. The van der Waals surface area contributed by atoms with E-state index in [0.717, 1.165) is 30.7 Å². The van der Waals surface area contributed by atoms with Gasteiger partial charge in [-0.2, -0.15) is 0 Å². The number of esters is 1. The van der Waals surface area contributed by atoms with Crippen LogP contribution in [0.3, 0.4) is 0 Å². The first-order valence-electron chi connectivity index (χ1n) is 6.92. The van der Waals surface area contributed by atoms with Crippen molar-refractivity contribution in [1.82, 2.24) is 5.32 Å². The van der Waals surface area contributed by atoms with E-state index in [1.165, 1.54) is 0 Å². The van der Waals surface area contributed by atoms with Crippen LogP contribution in [-0.2, 0) is 9.53 Å². The van der Waals surface area contributed by atoms with Crippen LogP contribution in [0.1, 0.15) is 31.2 Å². The van der Waals surface area contributed by atoms with Crippen molar-refractivity contribution in [2.24, 2.45) is 0 Å². The smallest absolute Gasteiger partial charge is 0.317 e. The molecule has 2 aliphatic heterocycles. The fourth-order valence-corrected chi connectivity index (χ4v) is 3.18. The number of piperidine rings is 1. The summed E-state index contributed by atoms with van der Waals surface area (Å²) in [5.74, 6) is 0.344. The van der Waals surface area contributed by atoms with Gasteiger partial charge in [0.25, 0.3) is 0 Å². The second-order valence-corrected chi connectivity index (χ2v) is 5.17. The molecule has 2 atom stereocenters. The number of para-hydroxylation sites is 1. The van der Waals surface area contributed by atoms with E-state index >= 15 is 0 Å². The highest BCUT2D eigenvalue weighted by Gasteiger charge is 2.53. The molecule has 2 unspecified atom stereocenters. The molecule has 1 fully saturated rings. The Morgan fingerprint density at radius 1 is 1.50 bits per heavy atom. The molecule has 3 rings (SSSR count). The molecular weight excluding hydrogens is 278 g/mol. The summed E-state index contributed by atoms with van der Waals surface area (Å²) >= 11 is 0. The topological polar surface area (TPSA) is 47.6 Å². The van der Waals surface area contributed by atoms with Crippen molar-refractivity contribution in [2.45, 2.75) is 31.3 Å².